The number of alkyl halides is 3. The first-order chi connectivity index (χ1) is 9.88. The smallest absolute Gasteiger partial charge is 0.389 e. The van der Waals surface area contributed by atoms with Crippen LogP contribution in [0.5, 0.6) is 5.75 Å². The molecule has 112 valence electrons. The van der Waals surface area contributed by atoms with Gasteiger partial charge in [-0.05, 0) is 23.9 Å². The number of benzene rings is 2. The normalized spacial score (nSPS) is 11.6. The molecule has 0 unspecified atom stereocenters. The van der Waals surface area contributed by atoms with Crippen LogP contribution < -0.4 is 10.5 Å². The molecule has 0 fully saturated rings. The largest absolute Gasteiger partial charge is 0.493 e. The minimum absolute atomic E-state index is 0.0110. The van der Waals surface area contributed by atoms with Crippen LogP contribution in [-0.2, 0) is 0 Å². The summed E-state index contributed by atoms with van der Waals surface area (Å²) in [5, 5.41) is 9.02. The first-order valence-electron chi connectivity index (χ1n) is 6.44. The summed E-state index contributed by atoms with van der Waals surface area (Å²) in [6, 6.07) is 10.5. The first-order valence-corrected chi connectivity index (χ1v) is 6.44. The molecule has 0 spiro atoms. The highest BCUT2D eigenvalue weighted by molar-refractivity contribution is 6.09. The Morgan fingerprint density at radius 1 is 1.10 bits per heavy atom. The molecule has 2 aromatic carbocycles. The van der Waals surface area contributed by atoms with Gasteiger partial charge < -0.3 is 10.5 Å². The van der Waals surface area contributed by atoms with Gasteiger partial charge in [0.15, 0.2) is 0 Å². The molecule has 0 heterocycles. The zero-order valence-corrected chi connectivity index (χ0v) is 11.2. The molecule has 6 heteroatoms. The van der Waals surface area contributed by atoms with Gasteiger partial charge in [0.2, 0.25) is 0 Å². The van der Waals surface area contributed by atoms with Gasteiger partial charge in [-0.2, -0.15) is 13.2 Å². The predicted molar refractivity (Wildman–Crippen MR) is 75.7 cm³/mol. The van der Waals surface area contributed by atoms with Crippen molar-refractivity contribution < 1.29 is 17.9 Å². The molecular formula is C15H15F3N2O. The molecule has 3 nitrogen and oxygen atoms in total. The number of rotatable bonds is 5. The van der Waals surface area contributed by atoms with Crippen molar-refractivity contribution in [2.24, 2.45) is 5.73 Å². The summed E-state index contributed by atoms with van der Waals surface area (Å²) in [5.74, 6) is 0.438. The van der Waals surface area contributed by atoms with Crippen molar-refractivity contribution in [2.75, 3.05) is 6.61 Å². The summed E-state index contributed by atoms with van der Waals surface area (Å²) in [5.41, 5.74) is 6.09. The van der Waals surface area contributed by atoms with E-state index in [2.05, 4.69) is 0 Å². The monoisotopic (exact) mass is 296 g/mol. The van der Waals surface area contributed by atoms with Crippen LogP contribution in [0.1, 0.15) is 18.4 Å². The van der Waals surface area contributed by atoms with Crippen molar-refractivity contribution >= 4 is 16.6 Å². The lowest BCUT2D eigenvalue weighted by molar-refractivity contribution is -0.136. The van der Waals surface area contributed by atoms with Gasteiger partial charge in [-0.25, -0.2) is 0 Å². The van der Waals surface area contributed by atoms with Gasteiger partial charge in [-0.1, -0.05) is 24.3 Å². The minimum atomic E-state index is -4.16. The summed E-state index contributed by atoms with van der Waals surface area (Å²) in [6.07, 6.45) is -5.12. The van der Waals surface area contributed by atoms with E-state index in [0.717, 1.165) is 10.8 Å². The molecule has 21 heavy (non-hydrogen) atoms. The van der Waals surface area contributed by atoms with Crippen LogP contribution in [0.3, 0.4) is 0 Å². The zero-order chi connectivity index (χ0) is 15.5. The summed E-state index contributed by atoms with van der Waals surface area (Å²) < 4.78 is 41.7. The Labute approximate surface area is 120 Å². The molecule has 0 saturated heterocycles. The number of nitrogens with two attached hydrogens (primary N) is 1. The molecular weight excluding hydrogens is 281 g/mol. The molecule has 0 aliphatic rings. The second-order valence-electron chi connectivity index (χ2n) is 4.64. The SMILES string of the molecule is N=C(N)c1ccc(OCCCC(F)(F)F)c2ccccc12. The summed E-state index contributed by atoms with van der Waals surface area (Å²) in [4.78, 5) is 0. The van der Waals surface area contributed by atoms with E-state index in [9.17, 15) is 13.2 Å². The number of halogens is 3. The molecule has 3 N–H and O–H groups in total. The molecule has 0 amide bonds. The van der Waals surface area contributed by atoms with Gasteiger partial charge in [0, 0.05) is 17.4 Å². The van der Waals surface area contributed by atoms with Gasteiger partial charge in [0.1, 0.15) is 11.6 Å². The van der Waals surface area contributed by atoms with E-state index in [-0.39, 0.29) is 18.9 Å². The van der Waals surface area contributed by atoms with E-state index in [4.69, 9.17) is 15.9 Å². The highest BCUT2D eigenvalue weighted by atomic mass is 19.4. The molecule has 2 aromatic rings. The second-order valence-corrected chi connectivity index (χ2v) is 4.64. The average molecular weight is 296 g/mol. The van der Waals surface area contributed by atoms with Crippen LogP contribution >= 0.6 is 0 Å². The van der Waals surface area contributed by atoms with E-state index in [1.165, 1.54) is 0 Å². The maximum Gasteiger partial charge on any atom is 0.389 e. The van der Waals surface area contributed by atoms with Crippen molar-refractivity contribution in [3.63, 3.8) is 0 Å². The van der Waals surface area contributed by atoms with Gasteiger partial charge in [-0.15, -0.1) is 0 Å². The van der Waals surface area contributed by atoms with Crippen molar-refractivity contribution in [3.8, 4) is 5.75 Å². The standard InChI is InChI=1S/C15H15F3N2O/c16-15(17,18)8-3-9-21-13-7-6-12(14(19)20)10-4-1-2-5-11(10)13/h1-2,4-7H,3,8-9H2,(H3,19,20). The Morgan fingerprint density at radius 2 is 1.76 bits per heavy atom. The van der Waals surface area contributed by atoms with Crippen LogP contribution in [0.15, 0.2) is 36.4 Å². The molecule has 2 rings (SSSR count). The van der Waals surface area contributed by atoms with Gasteiger partial charge >= 0.3 is 6.18 Å². The topological polar surface area (TPSA) is 59.1 Å². The molecule has 0 radical (unpaired) electrons. The van der Waals surface area contributed by atoms with E-state index >= 15 is 0 Å². The quantitative estimate of drug-likeness (QED) is 0.500. The van der Waals surface area contributed by atoms with Crippen molar-refractivity contribution in [1.29, 1.82) is 5.41 Å². The average Bonchev–Trinajstić information content (AvgIpc) is 2.42. The number of hydrogen-bond donors (Lipinski definition) is 2. The van der Waals surface area contributed by atoms with Crippen LogP contribution in [0, 0.1) is 5.41 Å². The maximum atomic E-state index is 12.1. The number of nitrogens with one attached hydrogen (secondary N) is 1. The number of hydrogen-bond acceptors (Lipinski definition) is 2. The van der Waals surface area contributed by atoms with Gasteiger partial charge in [0.25, 0.3) is 0 Å². The fraction of sp³-hybridized carbons (Fsp3) is 0.267. The predicted octanol–water partition coefficient (Wildman–Crippen LogP) is 3.85. The molecule has 0 atom stereocenters. The Kier molecular flexibility index (Phi) is 4.35. The highest BCUT2D eigenvalue weighted by Crippen LogP contribution is 2.29. The number of nitrogen functional groups attached to an aromatic ring is 1. The Morgan fingerprint density at radius 3 is 2.38 bits per heavy atom. The summed E-state index contributed by atoms with van der Waals surface area (Å²) in [6.45, 7) is -0.0110. The third kappa shape index (κ3) is 3.87. The number of amidine groups is 1. The van der Waals surface area contributed by atoms with E-state index in [1.54, 1.807) is 30.3 Å². The van der Waals surface area contributed by atoms with Gasteiger partial charge in [-0.3, -0.25) is 5.41 Å². The van der Waals surface area contributed by atoms with Crippen LogP contribution in [-0.4, -0.2) is 18.6 Å². The van der Waals surface area contributed by atoms with Crippen molar-refractivity contribution in [3.05, 3.63) is 42.0 Å². The minimum Gasteiger partial charge on any atom is -0.493 e. The van der Waals surface area contributed by atoms with E-state index < -0.39 is 12.6 Å². The molecule has 0 bridgehead atoms. The third-order valence-corrected chi connectivity index (χ3v) is 3.04. The second kappa shape index (κ2) is 6.03. The van der Waals surface area contributed by atoms with E-state index in [1.807, 2.05) is 6.07 Å². The maximum absolute atomic E-state index is 12.1. The molecule has 0 aliphatic heterocycles. The first kappa shape index (κ1) is 15.2. The number of fused-ring (bicyclic) bond motifs is 1. The van der Waals surface area contributed by atoms with Crippen LogP contribution in [0.4, 0.5) is 13.2 Å². The molecule has 0 aliphatic carbocycles. The zero-order valence-electron chi connectivity index (χ0n) is 11.2. The lowest BCUT2D eigenvalue weighted by Gasteiger charge is -2.12. The lowest BCUT2D eigenvalue weighted by atomic mass is 10.0. The van der Waals surface area contributed by atoms with E-state index in [0.29, 0.717) is 11.3 Å². The Balaban J connectivity index is 2.18. The Bertz CT molecular complexity index is 653. The Hall–Kier alpha value is -2.24. The lowest BCUT2D eigenvalue weighted by Crippen LogP contribution is -2.12. The van der Waals surface area contributed by atoms with Crippen LogP contribution in [0.2, 0.25) is 0 Å². The van der Waals surface area contributed by atoms with Crippen molar-refractivity contribution in [1.82, 2.24) is 0 Å². The highest BCUT2D eigenvalue weighted by Gasteiger charge is 2.26. The summed E-state index contributed by atoms with van der Waals surface area (Å²) in [7, 11) is 0. The molecule has 0 aromatic heterocycles. The fourth-order valence-corrected chi connectivity index (χ4v) is 2.09. The van der Waals surface area contributed by atoms with Crippen molar-refractivity contribution in [2.45, 2.75) is 19.0 Å². The summed E-state index contributed by atoms with van der Waals surface area (Å²) >= 11 is 0. The fourth-order valence-electron chi connectivity index (χ4n) is 2.09. The third-order valence-electron chi connectivity index (χ3n) is 3.04. The van der Waals surface area contributed by atoms with Gasteiger partial charge in [0.05, 0.1) is 6.61 Å². The van der Waals surface area contributed by atoms with Crippen LogP contribution in [0.25, 0.3) is 10.8 Å². The molecule has 0 saturated carbocycles. The number of ether oxygens (including phenoxy) is 1.